The molecule has 1 aliphatic heterocycles. The Kier molecular flexibility index (Phi) is 6.71. The molecule has 0 fully saturated rings. The van der Waals surface area contributed by atoms with E-state index in [1.165, 1.54) is 16.7 Å². The van der Waals surface area contributed by atoms with Crippen molar-refractivity contribution in [2.45, 2.75) is 44.6 Å². The molecular formula is C24H25BrN4O2S. The summed E-state index contributed by atoms with van der Waals surface area (Å²) in [5, 5.41) is 8.68. The normalized spacial score (nSPS) is 15.3. The van der Waals surface area contributed by atoms with Crippen LogP contribution in [0.4, 0.5) is 5.95 Å². The molecule has 1 aromatic heterocycles. The Morgan fingerprint density at radius 2 is 2.03 bits per heavy atom. The molecule has 0 spiro atoms. The second kappa shape index (κ2) is 9.50. The predicted molar refractivity (Wildman–Crippen MR) is 131 cm³/mol. The number of hydrogen-bond acceptors (Lipinski definition) is 6. The number of nitrogens with zero attached hydrogens (tertiary/aromatic N) is 3. The fraction of sp³-hybridized carbons (Fsp3) is 0.292. The summed E-state index contributed by atoms with van der Waals surface area (Å²) in [5.41, 5.74) is 5.95. The molecule has 0 bridgehead atoms. The second-order valence-corrected chi connectivity index (χ2v) is 9.58. The van der Waals surface area contributed by atoms with E-state index in [9.17, 15) is 4.79 Å². The average molecular weight is 513 g/mol. The number of allylic oxidation sites excluding steroid dienone is 1. The minimum atomic E-state index is -0.425. The summed E-state index contributed by atoms with van der Waals surface area (Å²) in [6.45, 7) is 8.21. The average Bonchev–Trinajstić information content (AvgIpc) is 3.14. The lowest BCUT2D eigenvalue weighted by Gasteiger charge is -2.28. The largest absolute Gasteiger partial charge is 0.463 e. The summed E-state index contributed by atoms with van der Waals surface area (Å²) >= 11 is 5.12. The molecule has 6 nitrogen and oxygen atoms in total. The van der Waals surface area contributed by atoms with Gasteiger partial charge in [-0.25, -0.2) is 9.48 Å². The molecule has 0 aliphatic carbocycles. The molecule has 166 valence electrons. The van der Waals surface area contributed by atoms with Gasteiger partial charge >= 0.3 is 5.97 Å². The number of benzene rings is 2. The van der Waals surface area contributed by atoms with Crippen molar-refractivity contribution in [3.05, 3.63) is 80.5 Å². The molecule has 0 radical (unpaired) electrons. The van der Waals surface area contributed by atoms with Gasteiger partial charge in [-0.15, -0.1) is 5.10 Å². The Labute approximate surface area is 200 Å². The first kappa shape index (κ1) is 22.6. The van der Waals surface area contributed by atoms with Crippen LogP contribution in [-0.2, 0) is 15.3 Å². The molecule has 0 saturated carbocycles. The van der Waals surface area contributed by atoms with Gasteiger partial charge in [-0.3, -0.25) is 0 Å². The highest BCUT2D eigenvalue weighted by atomic mass is 79.9. The van der Waals surface area contributed by atoms with E-state index in [0.29, 0.717) is 23.3 Å². The number of rotatable bonds is 6. The minimum Gasteiger partial charge on any atom is -0.463 e. The van der Waals surface area contributed by atoms with Gasteiger partial charge in [-0.1, -0.05) is 63.6 Å². The van der Waals surface area contributed by atoms with Gasteiger partial charge in [0.05, 0.1) is 12.2 Å². The van der Waals surface area contributed by atoms with Crippen LogP contribution in [0, 0.1) is 13.8 Å². The highest BCUT2D eigenvalue weighted by Crippen LogP contribution is 2.37. The van der Waals surface area contributed by atoms with E-state index in [-0.39, 0.29) is 5.97 Å². The summed E-state index contributed by atoms with van der Waals surface area (Å²) in [7, 11) is 0. The minimum absolute atomic E-state index is 0.308. The maximum Gasteiger partial charge on any atom is 0.338 e. The number of thioether (sulfide) groups is 1. The Balaban J connectivity index is 1.69. The summed E-state index contributed by atoms with van der Waals surface area (Å²) < 4.78 is 8.08. The molecule has 32 heavy (non-hydrogen) atoms. The Morgan fingerprint density at radius 3 is 2.75 bits per heavy atom. The van der Waals surface area contributed by atoms with Crippen molar-refractivity contribution < 1.29 is 9.53 Å². The second-order valence-electron chi connectivity index (χ2n) is 7.72. The van der Waals surface area contributed by atoms with Gasteiger partial charge in [0.1, 0.15) is 6.04 Å². The zero-order valence-electron chi connectivity index (χ0n) is 18.5. The smallest absolute Gasteiger partial charge is 0.338 e. The Bertz CT molecular complexity index is 1200. The lowest BCUT2D eigenvalue weighted by molar-refractivity contribution is -0.139. The standard InChI is InChI=1S/C24H25BrN4O2S/c1-5-31-22(30)20-16(4)26-23-27-24(32-13-18-10-9-14(2)11-15(18)3)28-29(23)21(20)17-7-6-8-19(25)12-17/h6-12,21H,5,13H2,1-4H3,(H,26,27,28). The van der Waals surface area contributed by atoms with Crippen molar-refractivity contribution >= 4 is 39.6 Å². The highest BCUT2D eigenvalue weighted by Gasteiger charge is 2.35. The molecule has 2 aromatic carbocycles. The van der Waals surface area contributed by atoms with Gasteiger partial charge in [0.15, 0.2) is 0 Å². The van der Waals surface area contributed by atoms with Gasteiger partial charge in [0, 0.05) is 15.9 Å². The van der Waals surface area contributed by atoms with Crippen molar-refractivity contribution in [2.24, 2.45) is 0 Å². The summed E-state index contributed by atoms with van der Waals surface area (Å²) in [6, 6.07) is 13.9. The van der Waals surface area contributed by atoms with Crippen LogP contribution in [0.1, 0.15) is 42.1 Å². The van der Waals surface area contributed by atoms with E-state index in [0.717, 1.165) is 21.5 Å². The third kappa shape index (κ3) is 4.61. The van der Waals surface area contributed by atoms with Crippen molar-refractivity contribution in [3.63, 3.8) is 0 Å². The summed E-state index contributed by atoms with van der Waals surface area (Å²) in [6.07, 6.45) is 0. The number of carbonyl (C=O) groups is 1. The predicted octanol–water partition coefficient (Wildman–Crippen LogP) is 5.80. The van der Waals surface area contributed by atoms with E-state index in [2.05, 4.69) is 53.3 Å². The van der Waals surface area contributed by atoms with Gasteiger partial charge in [-0.05, 0) is 56.5 Å². The van der Waals surface area contributed by atoms with Crippen LogP contribution >= 0.6 is 27.7 Å². The van der Waals surface area contributed by atoms with E-state index in [1.54, 1.807) is 23.4 Å². The number of hydrogen-bond donors (Lipinski definition) is 1. The zero-order valence-corrected chi connectivity index (χ0v) is 20.9. The molecule has 1 aliphatic rings. The SMILES string of the molecule is CCOC(=O)C1=C(C)Nc2nc(SCc3ccc(C)cc3C)nn2C1c1cccc(Br)c1. The van der Waals surface area contributed by atoms with E-state index >= 15 is 0 Å². The topological polar surface area (TPSA) is 69.0 Å². The van der Waals surface area contributed by atoms with E-state index in [4.69, 9.17) is 14.8 Å². The van der Waals surface area contributed by atoms with Gasteiger partial charge in [0.25, 0.3) is 0 Å². The molecule has 1 N–H and O–H groups in total. The van der Waals surface area contributed by atoms with Crippen LogP contribution in [0.3, 0.4) is 0 Å². The Morgan fingerprint density at radius 1 is 1.22 bits per heavy atom. The fourth-order valence-electron chi connectivity index (χ4n) is 3.80. The van der Waals surface area contributed by atoms with Crippen molar-refractivity contribution in [2.75, 3.05) is 11.9 Å². The van der Waals surface area contributed by atoms with Crippen LogP contribution in [0.2, 0.25) is 0 Å². The molecule has 3 aromatic rings. The number of esters is 1. The maximum atomic E-state index is 12.9. The lowest BCUT2D eigenvalue weighted by Crippen LogP contribution is -2.29. The van der Waals surface area contributed by atoms with Crippen LogP contribution in [-0.4, -0.2) is 27.3 Å². The number of fused-ring (bicyclic) bond motifs is 1. The van der Waals surface area contributed by atoms with Gasteiger partial charge in [-0.2, -0.15) is 4.98 Å². The first-order valence-electron chi connectivity index (χ1n) is 10.4. The number of aryl methyl sites for hydroxylation is 2. The monoisotopic (exact) mass is 512 g/mol. The number of aromatic nitrogens is 3. The molecule has 0 saturated heterocycles. The quantitative estimate of drug-likeness (QED) is 0.332. The van der Waals surface area contributed by atoms with Crippen LogP contribution < -0.4 is 5.32 Å². The zero-order chi connectivity index (χ0) is 22.8. The van der Waals surface area contributed by atoms with Crippen molar-refractivity contribution in [1.29, 1.82) is 0 Å². The summed E-state index contributed by atoms with van der Waals surface area (Å²) in [5.74, 6) is 1.03. The molecule has 4 rings (SSSR count). The number of anilines is 1. The number of halogens is 1. The molecule has 2 heterocycles. The molecule has 1 unspecified atom stereocenters. The number of nitrogens with one attached hydrogen (secondary N) is 1. The molecule has 8 heteroatoms. The maximum absolute atomic E-state index is 12.9. The van der Waals surface area contributed by atoms with Gasteiger partial charge < -0.3 is 10.1 Å². The number of carbonyl (C=O) groups excluding carboxylic acids is 1. The number of ether oxygens (including phenoxy) is 1. The first-order valence-corrected chi connectivity index (χ1v) is 12.2. The van der Waals surface area contributed by atoms with Crippen LogP contribution in [0.15, 0.2) is 63.4 Å². The molecule has 1 atom stereocenters. The van der Waals surface area contributed by atoms with Gasteiger partial charge in [0.2, 0.25) is 11.1 Å². The molecular weight excluding hydrogens is 488 g/mol. The third-order valence-electron chi connectivity index (χ3n) is 5.35. The molecule has 0 amide bonds. The van der Waals surface area contributed by atoms with Crippen LogP contribution in [0.25, 0.3) is 0 Å². The lowest BCUT2D eigenvalue weighted by atomic mass is 9.96. The highest BCUT2D eigenvalue weighted by molar-refractivity contribution is 9.10. The fourth-order valence-corrected chi connectivity index (χ4v) is 5.12. The third-order valence-corrected chi connectivity index (χ3v) is 6.73. The van der Waals surface area contributed by atoms with Crippen molar-refractivity contribution in [3.8, 4) is 0 Å². The Hall–Kier alpha value is -2.58. The van der Waals surface area contributed by atoms with E-state index < -0.39 is 6.04 Å². The first-order chi connectivity index (χ1) is 15.4. The van der Waals surface area contributed by atoms with E-state index in [1.807, 2.05) is 31.2 Å². The summed E-state index contributed by atoms with van der Waals surface area (Å²) in [4.78, 5) is 17.6. The van der Waals surface area contributed by atoms with Crippen LogP contribution in [0.5, 0.6) is 0 Å². The van der Waals surface area contributed by atoms with Crippen molar-refractivity contribution in [1.82, 2.24) is 14.8 Å².